The number of hydrogen-bond acceptors (Lipinski definition) is 4. The van der Waals surface area contributed by atoms with Gasteiger partial charge in [0.1, 0.15) is 11.9 Å². The molecule has 2 rings (SSSR count). The van der Waals surface area contributed by atoms with E-state index in [9.17, 15) is 18.3 Å². The van der Waals surface area contributed by atoms with Gasteiger partial charge in [-0.05, 0) is 37.9 Å². The van der Waals surface area contributed by atoms with Crippen LogP contribution in [0.3, 0.4) is 0 Å². The number of rotatable bonds is 2. The molecule has 1 atom stereocenters. The highest BCUT2D eigenvalue weighted by atomic mass is 79.9. The molecule has 2 heterocycles. The van der Waals surface area contributed by atoms with E-state index in [1.54, 1.807) is 0 Å². The first kappa shape index (κ1) is 14.0. The topological polar surface area (TPSA) is 46.3 Å². The number of nitrogens with zero attached hydrogens (tertiary/aromatic N) is 1. The van der Waals surface area contributed by atoms with Crippen molar-refractivity contribution >= 4 is 43.2 Å². The van der Waals surface area contributed by atoms with Crippen molar-refractivity contribution in [2.45, 2.75) is 12.3 Å². The van der Waals surface area contributed by atoms with Crippen LogP contribution in [0.5, 0.6) is 0 Å². The molecular formula is C9H4Br2F3NO2S. The van der Waals surface area contributed by atoms with E-state index in [4.69, 9.17) is 4.42 Å². The van der Waals surface area contributed by atoms with Gasteiger partial charge in [0.15, 0.2) is 9.68 Å². The summed E-state index contributed by atoms with van der Waals surface area (Å²) in [6, 6.07) is 1.47. The quantitative estimate of drug-likeness (QED) is 0.805. The van der Waals surface area contributed by atoms with Crippen LogP contribution in [0.4, 0.5) is 13.2 Å². The second kappa shape index (κ2) is 4.95. The van der Waals surface area contributed by atoms with Gasteiger partial charge in [-0.2, -0.15) is 13.2 Å². The summed E-state index contributed by atoms with van der Waals surface area (Å²) in [6.45, 7) is 0. The third-order valence-electron chi connectivity index (χ3n) is 1.97. The molecule has 0 aliphatic heterocycles. The zero-order valence-electron chi connectivity index (χ0n) is 8.33. The SMILES string of the molecule is OC(c1cc(Br)c(Br)o1)c1cnc(C(F)(F)F)s1. The number of aliphatic hydroxyl groups is 1. The van der Waals surface area contributed by atoms with Crippen LogP contribution in [0, 0.1) is 0 Å². The van der Waals surface area contributed by atoms with Crippen molar-refractivity contribution in [3.8, 4) is 0 Å². The van der Waals surface area contributed by atoms with E-state index in [2.05, 4.69) is 36.8 Å². The molecule has 0 spiro atoms. The number of halogens is 5. The van der Waals surface area contributed by atoms with Crippen LogP contribution in [0.2, 0.25) is 0 Å². The van der Waals surface area contributed by atoms with Crippen LogP contribution < -0.4 is 0 Å². The van der Waals surface area contributed by atoms with Gasteiger partial charge in [-0.1, -0.05) is 0 Å². The van der Waals surface area contributed by atoms with Crippen molar-refractivity contribution in [1.29, 1.82) is 0 Å². The minimum Gasteiger partial charge on any atom is -0.450 e. The fourth-order valence-electron chi connectivity index (χ4n) is 1.18. The van der Waals surface area contributed by atoms with E-state index in [1.807, 2.05) is 0 Å². The number of furan rings is 1. The Morgan fingerprint density at radius 2 is 2.06 bits per heavy atom. The molecule has 0 saturated carbocycles. The normalized spacial score (nSPS) is 13.9. The van der Waals surface area contributed by atoms with Crippen LogP contribution >= 0.6 is 43.2 Å². The smallest absolute Gasteiger partial charge is 0.443 e. The van der Waals surface area contributed by atoms with Gasteiger partial charge in [0, 0.05) is 6.20 Å². The zero-order valence-corrected chi connectivity index (χ0v) is 12.3. The monoisotopic (exact) mass is 405 g/mol. The highest BCUT2D eigenvalue weighted by molar-refractivity contribution is 9.13. The molecule has 0 amide bonds. The summed E-state index contributed by atoms with van der Waals surface area (Å²) in [7, 11) is 0. The molecule has 0 radical (unpaired) electrons. The van der Waals surface area contributed by atoms with E-state index in [0.717, 1.165) is 6.20 Å². The Balaban J connectivity index is 2.29. The van der Waals surface area contributed by atoms with Crippen molar-refractivity contribution < 1.29 is 22.7 Å². The van der Waals surface area contributed by atoms with Gasteiger partial charge in [0.05, 0.1) is 9.35 Å². The highest BCUT2D eigenvalue weighted by Crippen LogP contribution is 2.38. The zero-order chi connectivity index (χ0) is 13.5. The molecule has 18 heavy (non-hydrogen) atoms. The summed E-state index contributed by atoms with van der Waals surface area (Å²) in [5, 5.41) is 8.88. The molecule has 0 aliphatic rings. The lowest BCUT2D eigenvalue weighted by atomic mass is 10.2. The highest BCUT2D eigenvalue weighted by Gasteiger charge is 2.35. The average Bonchev–Trinajstić information content (AvgIpc) is 2.85. The van der Waals surface area contributed by atoms with Gasteiger partial charge < -0.3 is 9.52 Å². The summed E-state index contributed by atoms with van der Waals surface area (Å²) in [5.41, 5.74) is 0. The lowest BCUT2D eigenvalue weighted by Gasteiger charge is -2.03. The summed E-state index contributed by atoms with van der Waals surface area (Å²) >= 11 is 6.61. The molecule has 1 unspecified atom stereocenters. The molecule has 98 valence electrons. The molecular weight excluding hydrogens is 403 g/mol. The lowest BCUT2D eigenvalue weighted by molar-refractivity contribution is -0.137. The predicted octanol–water partition coefficient (Wildman–Crippen LogP) is 4.36. The van der Waals surface area contributed by atoms with Gasteiger partial charge in [-0.15, -0.1) is 11.3 Å². The van der Waals surface area contributed by atoms with Gasteiger partial charge >= 0.3 is 6.18 Å². The van der Waals surface area contributed by atoms with E-state index in [1.165, 1.54) is 6.07 Å². The van der Waals surface area contributed by atoms with Crippen molar-refractivity contribution in [3.63, 3.8) is 0 Å². The number of aliphatic hydroxyl groups excluding tert-OH is 1. The summed E-state index contributed by atoms with van der Waals surface area (Å²) in [5.74, 6) is 0.131. The second-order valence-electron chi connectivity index (χ2n) is 3.24. The molecule has 0 aliphatic carbocycles. The summed E-state index contributed by atoms with van der Waals surface area (Å²) in [4.78, 5) is 3.30. The van der Waals surface area contributed by atoms with Gasteiger partial charge in [-0.3, -0.25) is 0 Å². The maximum atomic E-state index is 12.4. The molecule has 1 N–H and O–H groups in total. The summed E-state index contributed by atoms with van der Waals surface area (Å²) < 4.78 is 43.2. The number of aromatic nitrogens is 1. The van der Waals surface area contributed by atoms with Crippen LogP contribution in [-0.4, -0.2) is 10.1 Å². The van der Waals surface area contributed by atoms with Gasteiger partial charge in [0.25, 0.3) is 0 Å². The minimum absolute atomic E-state index is 0.0658. The Morgan fingerprint density at radius 3 is 2.50 bits per heavy atom. The molecule has 0 saturated heterocycles. The first-order valence-corrected chi connectivity index (χ1v) is 6.85. The first-order chi connectivity index (χ1) is 8.29. The molecule has 2 aromatic heterocycles. The lowest BCUT2D eigenvalue weighted by Crippen LogP contribution is -2.03. The fourth-order valence-corrected chi connectivity index (χ4v) is 2.57. The van der Waals surface area contributed by atoms with Gasteiger partial charge in [-0.25, -0.2) is 4.98 Å². The Hall–Kier alpha value is -0.380. The van der Waals surface area contributed by atoms with Gasteiger partial charge in [0.2, 0.25) is 0 Å². The molecule has 9 heteroatoms. The van der Waals surface area contributed by atoms with Crippen molar-refractivity contribution in [3.05, 3.63) is 37.1 Å². The van der Waals surface area contributed by atoms with E-state index in [-0.39, 0.29) is 10.6 Å². The third kappa shape index (κ3) is 2.79. The largest absolute Gasteiger partial charge is 0.450 e. The minimum atomic E-state index is -4.51. The van der Waals surface area contributed by atoms with Crippen LogP contribution in [0.15, 0.2) is 25.8 Å². The molecule has 0 aromatic carbocycles. The van der Waals surface area contributed by atoms with E-state index >= 15 is 0 Å². The number of thiazole rings is 1. The number of alkyl halides is 3. The Labute approximate surface area is 120 Å². The van der Waals surface area contributed by atoms with Crippen LogP contribution in [0.25, 0.3) is 0 Å². The van der Waals surface area contributed by atoms with Crippen molar-refractivity contribution in [1.82, 2.24) is 4.98 Å². The maximum absolute atomic E-state index is 12.4. The molecule has 0 bridgehead atoms. The fraction of sp³-hybridized carbons (Fsp3) is 0.222. The Morgan fingerprint density at radius 1 is 1.39 bits per heavy atom. The van der Waals surface area contributed by atoms with Crippen molar-refractivity contribution in [2.75, 3.05) is 0 Å². The molecule has 3 nitrogen and oxygen atoms in total. The number of hydrogen-bond donors (Lipinski definition) is 1. The summed E-state index contributed by atoms with van der Waals surface area (Å²) in [6.07, 6.45) is -4.80. The molecule has 2 aromatic rings. The standard InChI is InChI=1S/C9H4Br2F3NO2S/c10-3-1-4(17-7(3)11)6(16)5-2-15-8(18-5)9(12,13)14/h1-2,6,16H. The van der Waals surface area contributed by atoms with E-state index < -0.39 is 17.3 Å². The average molecular weight is 407 g/mol. The first-order valence-electron chi connectivity index (χ1n) is 4.44. The maximum Gasteiger partial charge on any atom is 0.443 e. The Bertz CT molecular complexity index is 547. The second-order valence-corrected chi connectivity index (χ2v) is 5.88. The third-order valence-corrected chi connectivity index (χ3v) is 4.77. The van der Waals surface area contributed by atoms with Crippen molar-refractivity contribution in [2.24, 2.45) is 0 Å². The predicted molar refractivity (Wildman–Crippen MR) is 65.3 cm³/mol. The molecule has 0 fully saturated rings. The Kier molecular flexibility index (Phi) is 3.86. The van der Waals surface area contributed by atoms with Crippen LogP contribution in [0.1, 0.15) is 21.7 Å². The van der Waals surface area contributed by atoms with Crippen LogP contribution in [-0.2, 0) is 6.18 Å². The van der Waals surface area contributed by atoms with E-state index in [0.29, 0.717) is 20.5 Å².